The molecule has 0 radical (unpaired) electrons. The van der Waals surface area contributed by atoms with Crippen molar-refractivity contribution in [3.63, 3.8) is 0 Å². The van der Waals surface area contributed by atoms with Crippen LogP contribution < -0.4 is 0 Å². The molecule has 0 N–H and O–H groups in total. The third-order valence-electron chi connectivity index (χ3n) is 2.30. The van der Waals surface area contributed by atoms with E-state index in [1.54, 1.807) is 0 Å². The fourth-order valence-corrected chi connectivity index (χ4v) is 1.44. The van der Waals surface area contributed by atoms with E-state index in [9.17, 15) is 0 Å². The summed E-state index contributed by atoms with van der Waals surface area (Å²) in [4.78, 5) is 0. The molecule has 0 amide bonds. The van der Waals surface area contributed by atoms with Crippen molar-refractivity contribution in [2.24, 2.45) is 0 Å². The van der Waals surface area contributed by atoms with Gasteiger partial charge in [-0.05, 0) is 42.4 Å². The predicted octanol–water partition coefficient (Wildman–Crippen LogP) is 3.40. The Labute approximate surface area is 92.7 Å². The van der Waals surface area contributed by atoms with Crippen LogP contribution in [0.5, 0.6) is 0 Å². The quantitative estimate of drug-likeness (QED) is 0.511. The monoisotopic (exact) mass is 196 g/mol. The smallest absolute Gasteiger partial charge is 0.0255 e. The summed E-state index contributed by atoms with van der Waals surface area (Å²) in [6, 6.07) is 8.34. The predicted molar refractivity (Wildman–Crippen MR) is 65.4 cm³/mol. The van der Waals surface area contributed by atoms with Crippen LogP contribution >= 0.6 is 0 Å². The molecule has 1 aromatic rings. The topological polar surface area (TPSA) is 0 Å². The number of terminal acetylenes is 1. The normalized spacial score (nSPS) is 8.80. The van der Waals surface area contributed by atoms with Crippen LogP contribution in [0.4, 0.5) is 0 Å². The van der Waals surface area contributed by atoms with Crippen molar-refractivity contribution in [1.29, 1.82) is 0 Å². The summed E-state index contributed by atoms with van der Waals surface area (Å²) < 4.78 is 0. The summed E-state index contributed by atoms with van der Waals surface area (Å²) in [7, 11) is 0. The van der Waals surface area contributed by atoms with Gasteiger partial charge in [0.25, 0.3) is 0 Å². The highest BCUT2D eigenvalue weighted by molar-refractivity contribution is 5.40. The van der Waals surface area contributed by atoms with Gasteiger partial charge in [0, 0.05) is 5.56 Å². The molecule has 0 spiro atoms. The highest BCUT2D eigenvalue weighted by Gasteiger charge is 1.92. The van der Waals surface area contributed by atoms with Gasteiger partial charge >= 0.3 is 0 Å². The zero-order chi connectivity index (χ0) is 10.9. The highest BCUT2D eigenvalue weighted by atomic mass is 14.0. The standard InChI is InChI=1S/C15H16/c1-3-5-7-9-15-12-10-14(11-13-15)8-6-4-2/h2,10-13H,3,5,7,9H2,1H3. The van der Waals surface area contributed by atoms with Crippen molar-refractivity contribution >= 4 is 0 Å². The molecule has 1 aromatic carbocycles. The molecule has 0 nitrogen and oxygen atoms in total. The second-order valence-electron chi connectivity index (χ2n) is 3.55. The minimum absolute atomic E-state index is 0.993. The summed E-state index contributed by atoms with van der Waals surface area (Å²) in [5.41, 5.74) is 2.38. The SMILES string of the molecule is C#CC#Cc1ccc(CCCCC)cc1. The third-order valence-corrected chi connectivity index (χ3v) is 2.30. The maximum atomic E-state index is 5.06. The minimum Gasteiger partial charge on any atom is -0.106 e. The van der Waals surface area contributed by atoms with Gasteiger partial charge in [-0.2, -0.15) is 0 Å². The Bertz CT molecular complexity index is 379. The van der Waals surface area contributed by atoms with Crippen molar-refractivity contribution in [2.75, 3.05) is 0 Å². The van der Waals surface area contributed by atoms with Gasteiger partial charge in [-0.15, -0.1) is 6.42 Å². The first-order valence-corrected chi connectivity index (χ1v) is 5.42. The first-order valence-electron chi connectivity index (χ1n) is 5.42. The number of unbranched alkanes of at least 4 members (excludes halogenated alkanes) is 2. The highest BCUT2D eigenvalue weighted by Crippen LogP contribution is 2.08. The van der Waals surface area contributed by atoms with E-state index in [2.05, 4.69) is 36.8 Å². The van der Waals surface area contributed by atoms with E-state index in [0.717, 1.165) is 12.0 Å². The average molecular weight is 196 g/mol. The van der Waals surface area contributed by atoms with E-state index in [-0.39, 0.29) is 0 Å². The first kappa shape index (κ1) is 11.4. The van der Waals surface area contributed by atoms with Crippen LogP contribution in [-0.4, -0.2) is 0 Å². The molecule has 0 aliphatic heterocycles. The summed E-state index contributed by atoms with van der Waals surface area (Å²) in [6.07, 6.45) is 10.1. The van der Waals surface area contributed by atoms with E-state index < -0.39 is 0 Å². The van der Waals surface area contributed by atoms with E-state index >= 15 is 0 Å². The number of benzene rings is 1. The molecule has 0 unspecified atom stereocenters. The fraction of sp³-hybridized carbons (Fsp3) is 0.333. The number of hydrogen-bond donors (Lipinski definition) is 0. The van der Waals surface area contributed by atoms with Crippen LogP contribution in [0.2, 0.25) is 0 Å². The maximum absolute atomic E-state index is 5.06. The molecule has 0 atom stereocenters. The van der Waals surface area contributed by atoms with Crippen molar-refractivity contribution < 1.29 is 0 Å². The number of hydrogen-bond acceptors (Lipinski definition) is 0. The molecule has 0 saturated heterocycles. The van der Waals surface area contributed by atoms with Crippen LogP contribution in [0.25, 0.3) is 0 Å². The van der Waals surface area contributed by atoms with Crippen LogP contribution in [0, 0.1) is 24.2 Å². The van der Waals surface area contributed by atoms with Gasteiger partial charge in [0.15, 0.2) is 0 Å². The van der Waals surface area contributed by atoms with E-state index in [1.807, 2.05) is 12.1 Å². The Morgan fingerprint density at radius 3 is 2.47 bits per heavy atom. The zero-order valence-corrected chi connectivity index (χ0v) is 9.22. The molecule has 0 saturated carbocycles. The Hall–Kier alpha value is -1.66. The third kappa shape index (κ3) is 4.39. The van der Waals surface area contributed by atoms with Gasteiger partial charge in [-0.1, -0.05) is 37.8 Å². The van der Waals surface area contributed by atoms with Gasteiger partial charge in [0.1, 0.15) is 0 Å². The Balaban J connectivity index is 2.53. The van der Waals surface area contributed by atoms with Crippen molar-refractivity contribution in [2.45, 2.75) is 32.6 Å². The van der Waals surface area contributed by atoms with Crippen molar-refractivity contribution in [3.8, 4) is 24.2 Å². The van der Waals surface area contributed by atoms with Crippen LogP contribution in [0.3, 0.4) is 0 Å². The number of rotatable bonds is 4. The molecule has 15 heavy (non-hydrogen) atoms. The molecular weight excluding hydrogens is 180 g/mol. The molecule has 0 heterocycles. The molecule has 0 fully saturated rings. The minimum atomic E-state index is 0.993. The largest absolute Gasteiger partial charge is 0.106 e. The second kappa shape index (κ2) is 6.74. The van der Waals surface area contributed by atoms with E-state index in [1.165, 1.54) is 24.8 Å². The fourth-order valence-electron chi connectivity index (χ4n) is 1.44. The van der Waals surface area contributed by atoms with Crippen molar-refractivity contribution in [3.05, 3.63) is 35.4 Å². The summed E-state index contributed by atoms with van der Waals surface area (Å²) in [5, 5.41) is 0. The summed E-state index contributed by atoms with van der Waals surface area (Å²) in [5.74, 6) is 7.83. The molecular formula is C15H16. The first-order chi connectivity index (χ1) is 7.36. The lowest BCUT2D eigenvalue weighted by Gasteiger charge is -2.00. The van der Waals surface area contributed by atoms with Crippen LogP contribution in [-0.2, 0) is 6.42 Å². The Morgan fingerprint density at radius 2 is 1.87 bits per heavy atom. The van der Waals surface area contributed by atoms with Gasteiger partial charge in [0.05, 0.1) is 0 Å². The van der Waals surface area contributed by atoms with Crippen LogP contribution in [0.1, 0.15) is 37.3 Å². The lowest BCUT2D eigenvalue weighted by atomic mass is 10.1. The molecule has 76 valence electrons. The maximum Gasteiger partial charge on any atom is 0.0255 e. The van der Waals surface area contributed by atoms with Gasteiger partial charge in [-0.25, -0.2) is 0 Å². The summed E-state index contributed by atoms with van der Waals surface area (Å²) in [6.45, 7) is 2.22. The van der Waals surface area contributed by atoms with Crippen molar-refractivity contribution in [1.82, 2.24) is 0 Å². The van der Waals surface area contributed by atoms with Gasteiger partial charge in [-0.3, -0.25) is 0 Å². The molecule has 1 rings (SSSR count). The second-order valence-corrected chi connectivity index (χ2v) is 3.55. The number of aryl methyl sites for hydroxylation is 1. The Morgan fingerprint density at radius 1 is 1.13 bits per heavy atom. The zero-order valence-electron chi connectivity index (χ0n) is 9.22. The lowest BCUT2D eigenvalue weighted by molar-refractivity contribution is 0.717. The van der Waals surface area contributed by atoms with Crippen LogP contribution in [0.15, 0.2) is 24.3 Å². The molecule has 0 aliphatic rings. The van der Waals surface area contributed by atoms with Gasteiger partial charge < -0.3 is 0 Å². The lowest BCUT2D eigenvalue weighted by Crippen LogP contribution is -1.85. The molecule has 0 bridgehead atoms. The summed E-state index contributed by atoms with van der Waals surface area (Å²) >= 11 is 0. The molecule has 0 aromatic heterocycles. The van der Waals surface area contributed by atoms with E-state index in [4.69, 9.17) is 6.42 Å². The average Bonchev–Trinajstić information content (AvgIpc) is 2.28. The van der Waals surface area contributed by atoms with Gasteiger partial charge in [0.2, 0.25) is 0 Å². The van der Waals surface area contributed by atoms with E-state index in [0.29, 0.717) is 0 Å². The molecule has 0 heteroatoms. The molecule has 0 aliphatic carbocycles. The Kier molecular flexibility index (Phi) is 5.13.